The van der Waals surface area contributed by atoms with Crippen molar-refractivity contribution in [1.82, 2.24) is 4.31 Å². The van der Waals surface area contributed by atoms with Crippen LogP contribution in [0.5, 0.6) is 5.75 Å². The summed E-state index contributed by atoms with van der Waals surface area (Å²) >= 11 is 0. The number of rotatable bonds is 8. The third kappa shape index (κ3) is 5.19. The lowest BCUT2D eigenvalue weighted by molar-refractivity contribution is -0.118. The van der Waals surface area contributed by atoms with Crippen LogP contribution in [0.3, 0.4) is 0 Å². The van der Waals surface area contributed by atoms with Crippen LogP contribution in [0, 0.1) is 5.92 Å². The lowest BCUT2D eigenvalue weighted by Gasteiger charge is -2.27. The van der Waals surface area contributed by atoms with Gasteiger partial charge in [-0.05, 0) is 31.0 Å². The Morgan fingerprint density at radius 2 is 2.00 bits per heavy atom. The smallest absolute Gasteiger partial charge is 0.246 e. The number of ether oxygens (including phenoxy) is 2. The summed E-state index contributed by atoms with van der Waals surface area (Å²) in [5.41, 5.74) is 6.33. The van der Waals surface area contributed by atoms with Gasteiger partial charge in [-0.1, -0.05) is 20.3 Å². The van der Waals surface area contributed by atoms with Crippen LogP contribution in [0.2, 0.25) is 0 Å². The number of anilines is 1. The van der Waals surface area contributed by atoms with Crippen LogP contribution in [0.15, 0.2) is 23.1 Å². The van der Waals surface area contributed by atoms with Gasteiger partial charge in [0.15, 0.2) is 0 Å². The summed E-state index contributed by atoms with van der Waals surface area (Å²) in [5, 5.41) is 2.71. The van der Waals surface area contributed by atoms with E-state index in [1.807, 2.05) is 13.8 Å². The normalized spacial score (nSPS) is 17.9. The molecular weight excluding hydrogens is 370 g/mol. The van der Waals surface area contributed by atoms with Gasteiger partial charge in [-0.25, -0.2) is 8.42 Å². The predicted molar refractivity (Wildman–Crippen MR) is 103 cm³/mol. The van der Waals surface area contributed by atoms with Crippen molar-refractivity contribution in [1.29, 1.82) is 0 Å². The maximum absolute atomic E-state index is 13.1. The second-order valence-electron chi connectivity index (χ2n) is 6.51. The summed E-state index contributed by atoms with van der Waals surface area (Å²) in [6.45, 7) is 7.24. The second-order valence-corrected chi connectivity index (χ2v) is 8.42. The van der Waals surface area contributed by atoms with E-state index in [2.05, 4.69) is 5.32 Å². The standard InChI is InChI=1S/C18H29N3O5S/c1-4-13(3)17(19)18(22)20-14-6-7-15(26-5-2)16(12-14)27(23,24)21-8-10-25-11-9-21/h6-7,12-13,17H,4-5,8-11,19H2,1-3H3,(H,20,22). The van der Waals surface area contributed by atoms with Crippen molar-refractivity contribution in [2.45, 2.75) is 38.1 Å². The molecule has 2 atom stereocenters. The summed E-state index contributed by atoms with van der Waals surface area (Å²) in [4.78, 5) is 12.4. The van der Waals surface area contributed by atoms with Crippen molar-refractivity contribution in [3.05, 3.63) is 18.2 Å². The highest BCUT2D eigenvalue weighted by atomic mass is 32.2. The summed E-state index contributed by atoms with van der Waals surface area (Å²) in [6, 6.07) is 3.93. The van der Waals surface area contributed by atoms with E-state index in [-0.39, 0.29) is 35.6 Å². The molecule has 1 aliphatic rings. The summed E-state index contributed by atoms with van der Waals surface area (Å²) in [6.07, 6.45) is 0.772. The molecule has 1 aliphatic heterocycles. The molecule has 8 nitrogen and oxygen atoms in total. The number of amides is 1. The zero-order valence-electron chi connectivity index (χ0n) is 16.1. The zero-order valence-corrected chi connectivity index (χ0v) is 16.9. The Hall–Kier alpha value is -1.68. The SMILES string of the molecule is CCOc1ccc(NC(=O)C(N)C(C)CC)cc1S(=O)(=O)N1CCOCC1. The molecule has 0 radical (unpaired) electrons. The molecule has 0 aromatic heterocycles. The van der Waals surface area contributed by atoms with Crippen LogP contribution in [0.4, 0.5) is 5.69 Å². The quantitative estimate of drug-likeness (QED) is 0.684. The lowest BCUT2D eigenvalue weighted by Crippen LogP contribution is -2.41. The monoisotopic (exact) mass is 399 g/mol. The number of nitrogens with zero attached hydrogens (tertiary/aromatic N) is 1. The number of nitrogens with one attached hydrogen (secondary N) is 1. The minimum Gasteiger partial charge on any atom is -0.492 e. The minimum atomic E-state index is -3.77. The number of hydrogen-bond acceptors (Lipinski definition) is 6. The Morgan fingerprint density at radius 1 is 1.33 bits per heavy atom. The molecule has 2 rings (SSSR count). The van der Waals surface area contributed by atoms with Gasteiger partial charge in [-0.2, -0.15) is 4.31 Å². The van der Waals surface area contributed by atoms with Crippen LogP contribution in [-0.2, 0) is 19.6 Å². The number of benzene rings is 1. The van der Waals surface area contributed by atoms with E-state index < -0.39 is 16.1 Å². The van der Waals surface area contributed by atoms with Crippen molar-refractivity contribution < 1.29 is 22.7 Å². The second kappa shape index (κ2) is 9.50. The molecule has 1 fully saturated rings. The molecule has 1 heterocycles. The number of morpholine rings is 1. The van der Waals surface area contributed by atoms with Crippen molar-refractivity contribution in [3.63, 3.8) is 0 Å². The molecule has 0 aliphatic carbocycles. The first-order valence-electron chi connectivity index (χ1n) is 9.22. The summed E-state index contributed by atoms with van der Waals surface area (Å²) in [7, 11) is -3.77. The molecule has 0 spiro atoms. The molecule has 0 saturated carbocycles. The van der Waals surface area contributed by atoms with E-state index in [4.69, 9.17) is 15.2 Å². The molecule has 3 N–H and O–H groups in total. The third-order valence-corrected chi connectivity index (χ3v) is 6.58. The Bertz CT molecular complexity index is 747. The zero-order chi connectivity index (χ0) is 20.0. The van der Waals surface area contributed by atoms with Crippen molar-refractivity contribution >= 4 is 21.6 Å². The maximum Gasteiger partial charge on any atom is 0.246 e. The molecule has 27 heavy (non-hydrogen) atoms. The molecule has 1 amide bonds. The average Bonchev–Trinajstić information content (AvgIpc) is 2.68. The van der Waals surface area contributed by atoms with Crippen LogP contribution < -0.4 is 15.8 Å². The topological polar surface area (TPSA) is 111 Å². The van der Waals surface area contributed by atoms with Gasteiger partial charge in [0.1, 0.15) is 10.6 Å². The van der Waals surface area contributed by atoms with Gasteiger partial charge in [0, 0.05) is 18.8 Å². The van der Waals surface area contributed by atoms with Crippen molar-refractivity contribution in [2.24, 2.45) is 11.7 Å². The highest BCUT2D eigenvalue weighted by Gasteiger charge is 2.30. The van der Waals surface area contributed by atoms with Crippen LogP contribution in [-0.4, -0.2) is 57.6 Å². The number of sulfonamides is 1. The molecule has 9 heteroatoms. The van der Waals surface area contributed by atoms with Gasteiger partial charge in [0.25, 0.3) is 0 Å². The first-order chi connectivity index (χ1) is 12.8. The molecule has 1 aromatic rings. The Kier molecular flexibility index (Phi) is 7.60. The predicted octanol–water partition coefficient (Wildman–Crippen LogP) is 1.42. The number of carbonyl (C=O) groups is 1. The highest BCUT2D eigenvalue weighted by Crippen LogP contribution is 2.30. The fraction of sp³-hybridized carbons (Fsp3) is 0.611. The van der Waals surface area contributed by atoms with Gasteiger partial charge in [-0.3, -0.25) is 4.79 Å². The largest absolute Gasteiger partial charge is 0.492 e. The van der Waals surface area contributed by atoms with Gasteiger partial charge in [0.2, 0.25) is 15.9 Å². The Balaban J connectivity index is 2.32. The first-order valence-corrected chi connectivity index (χ1v) is 10.7. The fourth-order valence-electron chi connectivity index (χ4n) is 2.73. The van der Waals surface area contributed by atoms with Crippen molar-refractivity contribution in [3.8, 4) is 5.75 Å². The van der Waals surface area contributed by atoms with Gasteiger partial charge >= 0.3 is 0 Å². The third-order valence-electron chi connectivity index (χ3n) is 4.66. The van der Waals surface area contributed by atoms with Gasteiger partial charge in [0.05, 0.1) is 25.9 Å². The van der Waals surface area contributed by atoms with Crippen LogP contribution in [0.25, 0.3) is 0 Å². The Labute approximate surface area is 161 Å². The fourth-order valence-corrected chi connectivity index (χ4v) is 4.29. The van der Waals surface area contributed by atoms with Gasteiger partial charge < -0.3 is 20.5 Å². The van der Waals surface area contributed by atoms with Crippen LogP contribution in [0.1, 0.15) is 27.2 Å². The van der Waals surface area contributed by atoms with E-state index in [1.54, 1.807) is 19.1 Å². The number of hydrogen-bond donors (Lipinski definition) is 2. The van der Waals surface area contributed by atoms with E-state index in [0.29, 0.717) is 25.5 Å². The molecule has 0 bridgehead atoms. The molecule has 1 saturated heterocycles. The minimum absolute atomic E-state index is 0.0178. The lowest BCUT2D eigenvalue weighted by atomic mass is 9.99. The molecule has 2 unspecified atom stereocenters. The van der Waals surface area contributed by atoms with E-state index in [9.17, 15) is 13.2 Å². The molecule has 1 aromatic carbocycles. The van der Waals surface area contributed by atoms with Crippen molar-refractivity contribution in [2.75, 3.05) is 38.2 Å². The first kappa shape index (κ1) is 21.6. The average molecular weight is 400 g/mol. The maximum atomic E-state index is 13.1. The summed E-state index contributed by atoms with van der Waals surface area (Å²) in [5.74, 6) is -0.0688. The summed E-state index contributed by atoms with van der Waals surface area (Å²) < 4.78 is 38.2. The van der Waals surface area contributed by atoms with Crippen LogP contribution >= 0.6 is 0 Å². The molecule has 152 valence electrons. The van der Waals surface area contributed by atoms with E-state index in [0.717, 1.165) is 6.42 Å². The van der Waals surface area contributed by atoms with E-state index >= 15 is 0 Å². The number of carbonyl (C=O) groups excluding carboxylic acids is 1. The highest BCUT2D eigenvalue weighted by molar-refractivity contribution is 7.89. The van der Waals surface area contributed by atoms with E-state index in [1.165, 1.54) is 10.4 Å². The van der Waals surface area contributed by atoms with Gasteiger partial charge in [-0.15, -0.1) is 0 Å². The number of nitrogens with two attached hydrogens (primary N) is 1. The Morgan fingerprint density at radius 3 is 2.59 bits per heavy atom. The molecular formula is C18H29N3O5S.